The van der Waals surface area contributed by atoms with E-state index in [1.807, 2.05) is 13.8 Å². The van der Waals surface area contributed by atoms with Gasteiger partial charge in [0.2, 0.25) is 0 Å². The molecule has 1 aliphatic heterocycles. The van der Waals surface area contributed by atoms with E-state index >= 15 is 0 Å². The molecule has 2 atom stereocenters. The molecule has 0 aliphatic carbocycles. The van der Waals surface area contributed by atoms with Gasteiger partial charge in [0, 0.05) is 12.6 Å². The quantitative estimate of drug-likeness (QED) is 0.733. The summed E-state index contributed by atoms with van der Waals surface area (Å²) in [6.07, 6.45) is 1.64. The van der Waals surface area contributed by atoms with Crippen LogP contribution in [0.1, 0.15) is 20.8 Å². The van der Waals surface area contributed by atoms with Gasteiger partial charge in [0.1, 0.15) is 5.41 Å². The standard InChI is InChI=1S/C13H22N2O4/c1-5-6-15(9(2)3)12(18)14-10-7-19-8-13(10,4)11(16)17/h5,9-10H,1,6-8H2,2-4H3,(H,14,18)(H,16,17). The summed E-state index contributed by atoms with van der Waals surface area (Å²) in [7, 11) is 0. The smallest absolute Gasteiger partial charge is 0.318 e. The van der Waals surface area contributed by atoms with Gasteiger partial charge in [-0.25, -0.2) is 4.79 Å². The van der Waals surface area contributed by atoms with Crippen LogP contribution in [0, 0.1) is 5.41 Å². The highest BCUT2D eigenvalue weighted by Crippen LogP contribution is 2.28. The van der Waals surface area contributed by atoms with Crippen LogP contribution in [0.2, 0.25) is 0 Å². The summed E-state index contributed by atoms with van der Waals surface area (Å²) in [5, 5.41) is 12.0. The molecule has 2 amide bonds. The first-order chi connectivity index (χ1) is 8.82. The van der Waals surface area contributed by atoms with Gasteiger partial charge in [0.05, 0.1) is 19.3 Å². The van der Waals surface area contributed by atoms with Crippen molar-refractivity contribution in [3.8, 4) is 0 Å². The van der Waals surface area contributed by atoms with Crippen molar-refractivity contribution < 1.29 is 19.4 Å². The van der Waals surface area contributed by atoms with E-state index in [1.54, 1.807) is 17.9 Å². The third kappa shape index (κ3) is 3.26. The van der Waals surface area contributed by atoms with E-state index in [-0.39, 0.29) is 25.3 Å². The number of carboxylic acid groups (broad SMARTS) is 1. The lowest BCUT2D eigenvalue weighted by atomic mass is 9.85. The number of amides is 2. The summed E-state index contributed by atoms with van der Waals surface area (Å²) >= 11 is 0. The lowest BCUT2D eigenvalue weighted by Gasteiger charge is -2.31. The predicted octanol–water partition coefficient (Wildman–Crippen LogP) is 1.08. The minimum Gasteiger partial charge on any atom is -0.481 e. The zero-order valence-electron chi connectivity index (χ0n) is 11.7. The van der Waals surface area contributed by atoms with Gasteiger partial charge < -0.3 is 20.1 Å². The van der Waals surface area contributed by atoms with E-state index < -0.39 is 17.4 Å². The highest BCUT2D eigenvalue weighted by molar-refractivity contribution is 5.79. The van der Waals surface area contributed by atoms with Gasteiger partial charge in [0.15, 0.2) is 0 Å². The Kier molecular flexibility index (Phi) is 4.94. The minimum atomic E-state index is -1.08. The van der Waals surface area contributed by atoms with Crippen molar-refractivity contribution in [1.29, 1.82) is 0 Å². The second-order valence-electron chi connectivity index (χ2n) is 5.27. The Balaban J connectivity index is 2.75. The van der Waals surface area contributed by atoms with Crippen molar-refractivity contribution in [2.45, 2.75) is 32.9 Å². The molecule has 0 spiro atoms. The molecule has 1 heterocycles. The van der Waals surface area contributed by atoms with Crippen LogP contribution in [0.15, 0.2) is 12.7 Å². The third-order valence-corrected chi connectivity index (χ3v) is 3.45. The number of carbonyl (C=O) groups is 2. The van der Waals surface area contributed by atoms with E-state index in [0.717, 1.165) is 0 Å². The maximum atomic E-state index is 12.2. The SMILES string of the molecule is C=CCN(C(=O)NC1COCC1(C)C(=O)O)C(C)C. The molecule has 1 fully saturated rings. The Morgan fingerprint density at radius 3 is 2.74 bits per heavy atom. The van der Waals surface area contributed by atoms with Crippen LogP contribution in [-0.2, 0) is 9.53 Å². The molecule has 2 unspecified atom stereocenters. The van der Waals surface area contributed by atoms with Crippen molar-refractivity contribution >= 4 is 12.0 Å². The number of rotatable bonds is 5. The molecule has 0 saturated carbocycles. The van der Waals surface area contributed by atoms with Crippen LogP contribution >= 0.6 is 0 Å². The molecule has 0 bridgehead atoms. The number of carbonyl (C=O) groups excluding carboxylic acids is 1. The zero-order valence-corrected chi connectivity index (χ0v) is 11.7. The summed E-state index contributed by atoms with van der Waals surface area (Å²) in [6.45, 7) is 9.73. The number of nitrogens with zero attached hydrogens (tertiary/aromatic N) is 1. The van der Waals surface area contributed by atoms with Crippen molar-refractivity contribution in [1.82, 2.24) is 10.2 Å². The van der Waals surface area contributed by atoms with E-state index in [4.69, 9.17) is 4.74 Å². The Bertz CT molecular complexity index is 370. The largest absolute Gasteiger partial charge is 0.481 e. The summed E-state index contributed by atoms with van der Waals surface area (Å²) in [6, 6.07) is -0.808. The topological polar surface area (TPSA) is 78.9 Å². The maximum Gasteiger partial charge on any atom is 0.318 e. The predicted molar refractivity (Wildman–Crippen MR) is 70.9 cm³/mol. The molecule has 2 N–H and O–H groups in total. The molecule has 19 heavy (non-hydrogen) atoms. The first kappa shape index (κ1) is 15.5. The van der Waals surface area contributed by atoms with Gasteiger partial charge >= 0.3 is 12.0 Å². The third-order valence-electron chi connectivity index (χ3n) is 3.45. The number of hydrogen-bond donors (Lipinski definition) is 2. The molecule has 108 valence electrons. The summed E-state index contributed by atoms with van der Waals surface area (Å²) < 4.78 is 5.20. The van der Waals surface area contributed by atoms with Gasteiger partial charge in [0.25, 0.3) is 0 Å². The summed E-state index contributed by atoms with van der Waals surface area (Å²) in [5.41, 5.74) is -1.08. The number of ether oxygens (including phenoxy) is 1. The zero-order chi connectivity index (χ0) is 14.6. The van der Waals surface area contributed by atoms with E-state index in [0.29, 0.717) is 6.54 Å². The average molecular weight is 270 g/mol. The number of aliphatic carboxylic acids is 1. The van der Waals surface area contributed by atoms with E-state index in [1.165, 1.54) is 0 Å². The van der Waals surface area contributed by atoms with Crippen LogP contribution < -0.4 is 5.32 Å². The van der Waals surface area contributed by atoms with Gasteiger partial charge in [-0.1, -0.05) is 6.08 Å². The fourth-order valence-electron chi connectivity index (χ4n) is 1.98. The van der Waals surface area contributed by atoms with Crippen LogP contribution in [0.4, 0.5) is 4.79 Å². The van der Waals surface area contributed by atoms with Crippen molar-refractivity contribution in [3.05, 3.63) is 12.7 Å². The fraction of sp³-hybridized carbons (Fsp3) is 0.692. The van der Waals surface area contributed by atoms with Crippen LogP contribution in [0.5, 0.6) is 0 Å². The Labute approximate surface area is 113 Å². The monoisotopic (exact) mass is 270 g/mol. The van der Waals surface area contributed by atoms with Crippen molar-refractivity contribution in [3.63, 3.8) is 0 Å². The van der Waals surface area contributed by atoms with Gasteiger partial charge in [-0.2, -0.15) is 0 Å². The van der Waals surface area contributed by atoms with Gasteiger partial charge in [-0.15, -0.1) is 6.58 Å². The summed E-state index contributed by atoms with van der Waals surface area (Å²) in [4.78, 5) is 25.0. The van der Waals surface area contributed by atoms with E-state index in [2.05, 4.69) is 11.9 Å². The Morgan fingerprint density at radius 1 is 1.63 bits per heavy atom. The first-order valence-electron chi connectivity index (χ1n) is 6.32. The molecular formula is C13H22N2O4. The molecule has 1 rings (SSSR count). The number of hydrogen-bond acceptors (Lipinski definition) is 3. The first-order valence-corrected chi connectivity index (χ1v) is 6.32. The van der Waals surface area contributed by atoms with Crippen molar-refractivity contribution in [2.24, 2.45) is 5.41 Å². The number of nitrogens with one attached hydrogen (secondary N) is 1. The Hall–Kier alpha value is -1.56. The molecule has 0 aromatic carbocycles. The average Bonchev–Trinajstić information content (AvgIpc) is 2.68. The maximum absolute atomic E-state index is 12.2. The second-order valence-corrected chi connectivity index (χ2v) is 5.27. The molecule has 1 saturated heterocycles. The fourth-order valence-corrected chi connectivity index (χ4v) is 1.98. The molecular weight excluding hydrogens is 248 g/mol. The minimum absolute atomic E-state index is 0.0106. The molecule has 1 aliphatic rings. The molecule has 0 radical (unpaired) electrons. The lowest BCUT2D eigenvalue weighted by molar-refractivity contribution is -0.148. The highest BCUT2D eigenvalue weighted by atomic mass is 16.5. The Morgan fingerprint density at radius 2 is 2.26 bits per heavy atom. The molecule has 6 heteroatoms. The molecule has 0 aromatic heterocycles. The van der Waals surface area contributed by atoms with Gasteiger partial charge in [-0.05, 0) is 20.8 Å². The van der Waals surface area contributed by atoms with Crippen molar-refractivity contribution in [2.75, 3.05) is 19.8 Å². The highest BCUT2D eigenvalue weighted by Gasteiger charge is 2.47. The van der Waals surface area contributed by atoms with Gasteiger partial charge in [-0.3, -0.25) is 4.79 Å². The van der Waals surface area contributed by atoms with Crippen LogP contribution in [0.3, 0.4) is 0 Å². The molecule has 6 nitrogen and oxygen atoms in total. The van der Waals surface area contributed by atoms with E-state index in [9.17, 15) is 14.7 Å². The lowest BCUT2D eigenvalue weighted by Crippen LogP contribution is -2.54. The summed E-state index contributed by atoms with van der Waals surface area (Å²) in [5.74, 6) is -0.963. The number of carboxylic acids is 1. The van der Waals surface area contributed by atoms with Crippen LogP contribution in [0.25, 0.3) is 0 Å². The normalized spacial score (nSPS) is 26.2. The van der Waals surface area contributed by atoms with Crippen LogP contribution in [-0.4, -0.2) is 53.8 Å². The number of urea groups is 1. The molecule has 0 aromatic rings. The second kappa shape index (κ2) is 6.06.